The third-order valence-electron chi connectivity index (χ3n) is 4.99. The monoisotopic (exact) mass is 372 g/mol. The molecule has 2 heterocycles. The van der Waals surface area contributed by atoms with Gasteiger partial charge in [-0.1, -0.05) is 30.3 Å². The average Bonchev–Trinajstić information content (AvgIpc) is 2.66. The van der Waals surface area contributed by atoms with Crippen LogP contribution in [0.3, 0.4) is 0 Å². The molecule has 28 heavy (non-hydrogen) atoms. The third kappa shape index (κ3) is 3.88. The summed E-state index contributed by atoms with van der Waals surface area (Å²) in [5.41, 5.74) is 6.10. The van der Waals surface area contributed by atoms with Crippen LogP contribution in [0.15, 0.2) is 48.5 Å². The molecular weight excluding hydrogens is 348 g/mol. The molecule has 1 aliphatic rings. The Morgan fingerprint density at radius 1 is 0.964 bits per heavy atom. The molecule has 1 amide bonds. The Morgan fingerprint density at radius 2 is 1.68 bits per heavy atom. The number of hydrogen-bond donors (Lipinski definition) is 1. The van der Waals surface area contributed by atoms with Gasteiger partial charge >= 0.3 is 0 Å². The molecule has 142 valence electrons. The number of benzene rings is 2. The second-order valence-electron chi connectivity index (χ2n) is 7.43. The highest BCUT2D eigenvalue weighted by atomic mass is 16.1. The van der Waals surface area contributed by atoms with Gasteiger partial charge in [-0.3, -0.25) is 4.79 Å². The Morgan fingerprint density at radius 3 is 2.43 bits per heavy atom. The number of amides is 1. The van der Waals surface area contributed by atoms with Crippen LogP contribution < -0.4 is 10.2 Å². The van der Waals surface area contributed by atoms with E-state index in [0.29, 0.717) is 11.5 Å². The van der Waals surface area contributed by atoms with Gasteiger partial charge in [-0.25, -0.2) is 9.97 Å². The summed E-state index contributed by atoms with van der Waals surface area (Å²) >= 11 is 0. The Kier molecular flexibility index (Phi) is 4.82. The summed E-state index contributed by atoms with van der Waals surface area (Å²) in [5.74, 6) is 1.18. The molecule has 0 unspecified atom stereocenters. The lowest BCUT2D eigenvalue weighted by Crippen LogP contribution is -2.31. The van der Waals surface area contributed by atoms with Crippen molar-refractivity contribution in [2.75, 3.05) is 16.8 Å². The van der Waals surface area contributed by atoms with Crippen molar-refractivity contribution in [3.8, 4) is 0 Å². The summed E-state index contributed by atoms with van der Waals surface area (Å²) in [6.07, 6.45) is 0.976. The predicted octanol–water partition coefficient (Wildman–Crippen LogP) is 4.22. The SMILES string of the molecule is Cc1cc(C)cc(NC(=O)c2cc(N3CCc4ccccc4C3)nc(C)n2)c1. The number of nitrogens with zero attached hydrogens (tertiary/aromatic N) is 3. The number of carbonyl (C=O) groups is 1. The number of carbonyl (C=O) groups excluding carboxylic acids is 1. The molecule has 0 aliphatic carbocycles. The van der Waals surface area contributed by atoms with E-state index in [1.807, 2.05) is 32.9 Å². The van der Waals surface area contributed by atoms with Crippen LogP contribution in [0.2, 0.25) is 0 Å². The zero-order valence-corrected chi connectivity index (χ0v) is 16.5. The van der Waals surface area contributed by atoms with Crippen LogP contribution in [0.25, 0.3) is 0 Å². The summed E-state index contributed by atoms with van der Waals surface area (Å²) in [7, 11) is 0. The van der Waals surface area contributed by atoms with Crippen LogP contribution in [0.1, 0.15) is 38.6 Å². The molecule has 0 saturated heterocycles. The van der Waals surface area contributed by atoms with Gasteiger partial charge in [-0.2, -0.15) is 0 Å². The normalized spacial score (nSPS) is 13.2. The number of anilines is 2. The molecule has 0 atom stereocenters. The molecule has 3 aromatic rings. The molecule has 0 saturated carbocycles. The summed E-state index contributed by atoms with van der Waals surface area (Å²) in [6.45, 7) is 7.54. The van der Waals surface area contributed by atoms with Gasteiger partial charge in [0.1, 0.15) is 17.3 Å². The minimum atomic E-state index is -0.214. The van der Waals surface area contributed by atoms with Gasteiger partial charge in [-0.05, 0) is 61.6 Å². The Bertz CT molecular complexity index is 1020. The fourth-order valence-electron chi connectivity index (χ4n) is 3.76. The van der Waals surface area contributed by atoms with Crippen molar-refractivity contribution in [3.63, 3.8) is 0 Å². The summed E-state index contributed by atoms with van der Waals surface area (Å²) in [5, 5.41) is 2.97. The van der Waals surface area contributed by atoms with E-state index in [2.05, 4.69) is 50.5 Å². The van der Waals surface area contributed by atoms with Gasteiger partial charge < -0.3 is 10.2 Å². The van der Waals surface area contributed by atoms with E-state index in [1.54, 1.807) is 6.07 Å². The largest absolute Gasteiger partial charge is 0.352 e. The molecule has 1 aliphatic heterocycles. The number of rotatable bonds is 3. The van der Waals surface area contributed by atoms with Gasteiger partial charge in [0.2, 0.25) is 0 Å². The molecular formula is C23H24N4O. The van der Waals surface area contributed by atoms with Crippen LogP contribution in [0, 0.1) is 20.8 Å². The standard InChI is InChI=1S/C23H24N4O/c1-15-10-16(2)12-20(11-15)26-23(28)21-13-22(25-17(3)24-21)27-9-8-18-6-4-5-7-19(18)14-27/h4-7,10-13H,8-9,14H2,1-3H3,(H,26,28). The van der Waals surface area contributed by atoms with Gasteiger partial charge in [-0.15, -0.1) is 0 Å². The van der Waals surface area contributed by atoms with E-state index in [4.69, 9.17) is 0 Å². The molecule has 0 spiro atoms. The lowest BCUT2D eigenvalue weighted by molar-refractivity contribution is 0.102. The molecule has 2 aromatic carbocycles. The van der Waals surface area contributed by atoms with Crippen molar-refractivity contribution in [2.45, 2.75) is 33.7 Å². The van der Waals surface area contributed by atoms with Crippen LogP contribution in [0.5, 0.6) is 0 Å². The van der Waals surface area contributed by atoms with Gasteiger partial charge in [0.05, 0.1) is 0 Å². The quantitative estimate of drug-likeness (QED) is 0.748. The highest BCUT2D eigenvalue weighted by Gasteiger charge is 2.19. The first-order valence-electron chi connectivity index (χ1n) is 9.55. The van der Waals surface area contributed by atoms with Crippen LogP contribution >= 0.6 is 0 Å². The van der Waals surface area contributed by atoms with Crippen molar-refractivity contribution in [3.05, 3.63) is 82.3 Å². The van der Waals surface area contributed by atoms with E-state index >= 15 is 0 Å². The molecule has 5 heteroatoms. The van der Waals surface area contributed by atoms with E-state index in [1.165, 1.54) is 11.1 Å². The number of aromatic nitrogens is 2. The van der Waals surface area contributed by atoms with Crippen LogP contribution in [0.4, 0.5) is 11.5 Å². The second kappa shape index (κ2) is 7.43. The van der Waals surface area contributed by atoms with Gasteiger partial charge in [0.15, 0.2) is 0 Å². The number of nitrogens with one attached hydrogen (secondary N) is 1. The molecule has 0 radical (unpaired) electrons. The summed E-state index contributed by atoms with van der Waals surface area (Å²) in [4.78, 5) is 24.0. The second-order valence-corrected chi connectivity index (χ2v) is 7.43. The van der Waals surface area contributed by atoms with Crippen molar-refractivity contribution >= 4 is 17.4 Å². The molecule has 0 fully saturated rings. The number of fused-ring (bicyclic) bond motifs is 1. The average molecular weight is 372 g/mol. The van der Waals surface area contributed by atoms with Gasteiger partial charge in [0, 0.05) is 24.8 Å². The van der Waals surface area contributed by atoms with Crippen molar-refractivity contribution < 1.29 is 4.79 Å². The zero-order valence-electron chi connectivity index (χ0n) is 16.5. The van der Waals surface area contributed by atoms with Crippen molar-refractivity contribution in [2.24, 2.45) is 0 Å². The van der Waals surface area contributed by atoms with E-state index in [0.717, 1.165) is 42.1 Å². The first-order chi connectivity index (χ1) is 13.5. The van der Waals surface area contributed by atoms with Crippen LogP contribution in [-0.2, 0) is 13.0 Å². The highest BCUT2D eigenvalue weighted by molar-refractivity contribution is 6.03. The fraction of sp³-hybridized carbons (Fsp3) is 0.261. The smallest absolute Gasteiger partial charge is 0.274 e. The van der Waals surface area contributed by atoms with E-state index in [-0.39, 0.29) is 5.91 Å². The maximum absolute atomic E-state index is 12.8. The Balaban J connectivity index is 1.58. The Hall–Kier alpha value is -3.21. The molecule has 1 N–H and O–H groups in total. The zero-order chi connectivity index (χ0) is 19.7. The summed E-state index contributed by atoms with van der Waals surface area (Å²) in [6, 6.07) is 16.3. The fourth-order valence-corrected chi connectivity index (χ4v) is 3.76. The maximum atomic E-state index is 12.8. The van der Waals surface area contributed by atoms with E-state index < -0.39 is 0 Å². The Labute approximate surface area is 165 Å². The van der Waals surface area contributed by atoms with Crippen molar-refractivity contribution in [1.82, 2.24) is 9.97 Å². The number of aryl methyl sites for hydroxylation is 3. The first kappa shape index (κ1) is 18.2. The topological polar surface area (TPSA) is 58.1 Å². The molecule has 0 bridgehead atoms. The summed E-state index contributed by atoms with van der Waals surface area (Å²) < 4.78 is 0. The third-order valence-corrected chi connectivity index (χ3v) is 4.99. The molecule has 1 aromatic heterocycles. The van der Waals surface area contributed by atoms with E-state index in [9.17, 15) is 4.79 Å². The minimum absolute atomic E-state index is 0.214. The highest BCUT2D eigenvalue weighted by Crippen LogP contribution is 2.24. The van der Waals surface area contributed by atoms with Crippen LogP contribution in [-0.4, -0.2) is 22.4 Å². The van der Waals surface area contributed by atoms with Crippen molar-refractivity contribution in [1.29, 1.82) is 0 Å². The molecule has 4 rings (SSSR count). The maximum Gasteiger partial charge on any atom is 0.274 e. The minimum Gasteiger partial charge on any atom is -0.352 e. The lowest BCUT2D eigenvalue weighted by atomic mass is 10.00. The lowest BCUT2D eigenvalue weighted by Gasteiger charge is -2.30. The number of hydrogen-bond acceptors (Lipinski definition) is 4. The van der Waals surface area contributed by atoms with Gasteiger partial charge in [0.25, 0.3) is 5.91 Å². The predicted molar refractivity (Wildman–Crippen MR) is 112 cm³/mol. The molecule has 5 nitrogen and oxygen atoms in total. The first-order valence-corrected chi connectivity index (χ1v) is 9.55.